The first-order valence-corrected chi connectivity index (χ1v) is 16.0. The van der Waals surface area contributed by atoms with Gasteiger partial charge in [-0.2, -0.15) is 0 Å². The van der Waals surface area contributed by atoms with E-state index in [-0.39, 0.29) is 6.61 Å². The van der Waals surface area contributed by atoms with Crippen LogP contribution in [0.3, 0.4) is 0 Å². The highest BCUT2D eigenvalue weighted by molar-refractivity contribution is 7.95. The van der Waals surface area contributed by atoms with Gasteiger partial charge in [-0.05, 0) is 40.5 Å². The second kappa shape index (κ2) is 12.8. The minimum atomic E-state index is -2.76. The van der Waals surface area contributed by atoms with Gasteiger partial charge in [0.2, 0.25) is 5.82 Å². The topological polar surface area (TPSA) is 69.9 Å². The Balaban J connectivity index is 1.81. The van der Waals surface area contributed by atoms with Crippen LogP contribution < -0.4 is 15.9 Å². The normalized spacial score (nSPS) is 11.9. The monoisotopic (exact) mass is 582 g/mol. The van der Waals surface area contributed by atoms with Crippen molar-refractivity contribution in [3.8, 4) is 11.4 Å². The van der Waals surface area contributed by atoms with Crippen molar-refractivity contribution >= 4 is 34.1 Å². The maximum Gasteiger partial charge on any atom is 0.337 e. The highest BCUT2D eigenvalue weighted by Crippen LogP contribution is 2.50. The first-order valence-electron chi connectivity index (χ1n) is 14.2. The van der Waals surface area contributed by atoms with E-state index in [1.807, 2.05) is 73.7 Å². The van der Waals surface area contributed by atoms with Gasteiger partial charge in [0.1, 0.15) is 0 Å². The molecule has 6 rings (SSSR count). The lowest BCUT2D eigenvalue weighted by Gasteiger charge is -2.35. The Morgan fingerprint density at radius 2 is 1.12 bits per heavy atom. The smallest absolute Gasteiger partial charge is 0.337 e. The zero-order valence-corrected chi connectivity index (χ0v) is 24.7. The van der Waals surface area contributed by atoms with Crippen LogP contribution in [0.5, 0.6) is 0 Å². The van der Waals surface area contributed by atoms with E-state index in [0.717, 1.165) is 32.3 Å². The largest absolute Gasteiger partial charge is 0.464 e. The summed E-state index contributed by atoms with van der Waals surface area (Å²) in [6.07, 6.45) is 0. The summed E-state index contributed by atoms with van der Waals surface area (Å²) in [7, 11) is 0. The molecule has 0 amide bonds. The van der Waals surface area contributed by atoms with Crippen molar-refractivity contribution in [3.63, 3.8) is 0 Å². The van der Waals surface area contributed by atoms with Crippen molar-refractivity contribution < 1.29 is 9.53 Å². The molecule has 7 heteroatoms. The van der Waals surface area contributed by atoms with Gasteiger partial charge in [0.05, 0.1) is 6.61 Å². The lowest BCUT2D eigenvalue weighted by molar-refractivity contribution is -0.145. The van der Waals surface area contributed by atoms with Crippen molar-refractivity contribution in [2.45, 2.75) is 13.0 Å². The van der Waals surface area contributed by atoms with E-state index in [1.165, 1.54) is 4.80 Å². The predicted molar refractivity (Wildman–Crippen MR) is 175 cm³/mol. The van der Waals surface area contributed by atoms with Gasteiger partial charge in [0.15, 0.2) is 6.04 Å². The lowest BCUT2D eigenvalue weighted by atomic mass is 10.1. The minimum Gasteiger partial charge on any atom is -0.464 e. The SMILES string of the molecule is CCOC(=O)C(C(c1ccccc1)=P(c1ccccc1)(c1ccccc1)c1ccccc1)n1nnc(-c2ccccc2)n1. The fourth-order valence-corrected chi connectivity index (χ4v) is 10.2. The number of rotatable bonds is 9. The molecular weight excluding hydrogens is 551 g/mol. The Kier molecular flexibility index (Phi) is 8.39. The average Bonchev–Trinajstić information content (AvgIpc) is 3.57. The maximum atomic E-state index is 14.3. The second-order valence-electron chi connectivity index (χ2n) is 9.88. The number of tetrazole rings is 1. The number of benzene rings is 5. The van der Waals surface area contributed by atoms with Crippen molar-refractivity contribution in [1.29, 1.82) is 0 Å². The van der Waals surface area contributed by atoms with Gasteiger partial charge in [-0.1, -0.05) is 152 Å². The number of hydrogen-bond acceptors (Lipinski definition) is 5. The molecule has 0 N–H and O–H groups in total. The van der Waals surface area contributed by atoms with Crippen LogP contribution in [0.2, 0.25) is 0 Å². The van der Waals surface area contributed by atoms with E-state index in [4.69, 9.17) is 9.84 Å². The number of esters is 1. The van der Waals surface area contributed by atoms with Crippen LogP contribution in [-0.2, 0) is 9.53 Å². The number of nitrogens with zero attached hydrogens (tertiary/aromatic N) is 4. The highest BCUT2D eigenvalue weighted by Gasteiger charge is 2.40. The standard InChI is InChI=1S/C36H31N4O2P/c1-2-42-36(41)33(40-38-35(37-39-40)29-20-10-4-11-21-29)34(28-18-8-3-9-19-28)43(30-22-12-5-13-23-30,31-24-14-6-15-25-31)32-26-16-7-17-27-32/h3-27,33H,2H2,1H3. The molecule has 212 valence electrons. The molecule has 0 bridgehead atoms. The summed E-state index contributed by atoms with van der Waals surface area (Å²) in [6, 6.07) is 50.1. The molecular formula is C36H31N4O2P. The molecule has 6 nitrogen and oxygen atoms in total. The van der Waals surface area contributed by atoms with Crippen molar-refractivity contribution in [2.24, 2.45) is 0 Å². The Morgan fingerprint density at radius 3 is 1.58 bits per heavy atom. The molecule has 1 unspecified atom stereocenters. The zero-order chi connectivity index (χ0) is 29.5. The third-order valence-corrected chi connectivity index (χ3v) is 11.8. The van der Waals surface area contributed by atoms with Gasteiger partial charge in [-0.25, -0.2) is 4.79 Å². The number of carbonyl (C=O) groups is 1. The van der Waals surface area contributed by atoms with Crippen LogP contribution >= 0.6 is 6.89 Å². The summed E-state index contributed by atoms with van der Waals surface area (Å²) < 4.78 is 5.81. The highest BCUT2D eigenvalue weighted by atomic mass is 31.2. The van der Waals surface area contributed by atoms with E-state index >= 15 is 0 Å². The van der Waals surface area contributed by atoms with Gasteiger partial charge in [-0.3, -0.25) is 0 Å². The van der Waals surface area contributed by atoms with Gasteiger partial charge >= 0.3 is 5.97 Å². The molecule has 1 aromatic heterocycles. The third-order valence-electron chi connectivity index (χ3n) is 7.32. The van der Waals surface area contributed by atoms with Crippen LogP contribution in [0.4, 0.5) is 0 Å². The summed E-state index contributed by atoms with van der Waals surface area (Å²) in [4.78, 5) is 15.7. The fourth-order valence-electron chi connectivity index (χ4n) is 5.54. The number of ether oxygens (including phenoxy) is 1. The van der Waals surface area contributed by atoms with E-state index < -0.39 is 18.9 Å². The Hall–Kier alpha value is -5.06. The van der Waals surface area contributed by atoms with Crippen LogP contribution in [0.25, 0.3) is 11.4 Å². The quantitative estimate of drug-likeness (QED) is 0.163. The van der Waals surface area contributed by atoms with E-state index in [2.05, 4.69) is 95.2 Å². The van der Waals surface area contributed by atoms with Gasteiger partial charge in [0, 0.05) is 10.9 Å². The summed E-state index contributed by atoms with van der Waals surface area (Å²) >= 11 is 0. The molecule has 0 aliphatic carbocycles. The van der Waals surface area contributed by atoms with Crippen LogP contribution in [0, 0.1) is 0 Å². The minimum absolute atomic E-state index is 0.213. The second-order valence-corrected chi connectivity index (χ2v) is 13.3. The summed E-state index contributed by atoms with van der Waals surface area (Å²) in [5, 5.41) is 17.9. The first-order chi connectivity index (χ1) is 21.2. The molecule has 0 aliphatic rings. The van der Waals surface area contributed by atoms with Crippen molar-refractivity contribution in [1.82, 2.24) is 20.2 Å². The van der Waals surface area contributed by atoms with Crippen molar-refractivity contribution in [2.75, 3.05) is 6.61 Å². The molecule has 43 heavy (non-hydrogen) atoms. The van der Waals surface area contributed by atoms with Crippen LogP contribution in [0.15, 0.2) is 152 Å². The van der Waals surface area contributed by atoms with E-state index in [1.54, 1.807) is 0 Å². The molecule has 1 atom stereocenters. The van der Waals surface area contributed by atoms with Gasteiger partial charge < -0.3 is 4.74 Å². The van der Waals surface area contributed by atoms with Gasteiger partial charge in [-0.15, -0.1) is 15.0 Å². The predicted octanol–water partition coefficient (Wildman–Crippen LogP) is 5.66. The summed E-state index contributed by atoms with van der Waals surface area (Å²) in [5.41, 5.74) is 1.72. The Labute approximate surface area is 251 Å². The fraction of sp³-hybridized carbons (Fsp3) is 0.0833. The maximum absolute atomic E-state index is 14.3. The van der Waals surface area contributed by atoms with Gasteiger partial charge in [0.25, 0.3) is 0 Å². The van der Waals surface area contributed by atoms with Crippen LogP contribution in [-0.4, -0.2) is 38.1 Å². The molecule has 5 aromatic carbocycles. The van der Waals surface area contributed by atoms with Crippen LogP contribution in [0.1, 0.15) is 18.5 Å². The first kappa shape index (κ1) is 28.1. The molecule has 0 spiro atoms. The lowest BCUT2D eigenvalue weighted by Crippen LogP contribution is -2.39. The summed E-state index contributed by atoms with van der Waals surface area (Å²) in [6.45, 7) is -0.732. The van der Waals surface area contributed by atoms with E-state index in [0.29, 0.717) is 5.82 Å². The molecule has 0 saturated carbocycles. The third kappa shape index (κ3) is 5.45. The Bertz CT molecular complexity index is 1740. The van der Waals surface area contributed by atoms with Crippen molar-refractivity contribution in [3.05, 3.63) is 157 Å². The van der Waals surface area contributed by atoms with E-state index in [9.17, 15) is 4.79 Å². The molecule has 0 fully saturated rings. The average molecular weight is 583 g/mol. The molecule has 0 aliphatic heterocycles. The molecule has 0 saturated heterocycles. The number of carbonyl (C=O) groups excluding carboxylic acids is 1. The Morgan fingerprint density at radius 1 is 0.674 bits per heavy atom. The molecule has 0 radical (unpaired) electrons. The molecule has 1 heterocycles. The number of aromatic nitrogens is 4. The summed E-state index contributed by atoms with van der Waals surface area (Å²) in [5.74, 6) is -0.00379. The number of hydrogen-bond donors (Lipinski definition) is 0. The zero-order valence-electron chi connectivity index (χ0n) is 23.8. The molecule has 6 aromatic rings.